The number of hydrogen-bond acceptors (Lipinski definition) is 7. The molecule has 1 aromatic heterocycles. The highest BCUT2D eigenvalue weighted by Crippen LogP contribution is 2.45. The van der Waals surface area contributed by atoms with Gasteiger partial charge in [0.15, 0.2) is 17.3 Å². The summed E-state index contributed by atoms with van der Waals surface area (Å²) in [5.41, 5.74) is 7.33. The topological polar surface area (TPSA) is 85.5 Å². The minimum atomic E-state index is 0.189. The molecule has 2 N–H and O–H groups in total. The number of rotatable bonds is 12. The highest BCUT2D eigenvalue weighted by molar-refractivity contribution is 7.99. The average molecular weight is 494 g/mol. The van der Waals surface area contributed by atoms with Crippen LogP contribution < -0.4 is 14.8 Å². The van der Waals surface area contributed by atoms with Crippen molar-refractivity contribution in [3.63, 3.8) is 0 Å². The number of nitrogens with one attached hydrogen (secondary N) is 2. The molecule has 35 heavy (non-hydrogen) atoms. The van der Waals surface area contributed by atoms with Gasteiger partial charge in [-0.25, -0.2) is 0 Å². The normalized spacial score (nSPS) is 15.4. The first kappa shape index (κ1) is 23.8. The number of benzene rings is 2. The van der Waals surface area contributed by atoms with E-state index in [-0.39, 0.29) is 11.8 Å². The molecular weight excluding hydrogens is 462 g/mol. The van der Waals surface area contributed by atoms with Crippen LogP contribution in [0, 0.1) is 0 Å². The number of methoxy groups -OCH3 is 1. The predicted octanol–water partition coefficient (Wildman–Crippen LogP) is 4.81. The smallest absolute Gasteiger partial charge is 0.161 e. The van der Waals surface area contributed by atoms with E-state index in [4.69, 9.17) is 14.2 Å². The Kier molecular flexibility index (Phi) is 7.29. The minimum Gasteiger partial charge on any atom is -0.493 e. The fourth-order valence-electron chi connectivity index (χ4n) is 4.84. The zero-order valence-electron chi connectivity index (χ0n) is 20.2. The molecule has 184 valence electrons. The summed E-state index contributed by atoms with van der Waals surface area (Å²) in [5, 5.41) is 11.5. The lowest BCUT2D eigenvalue weighted by atomic mass is 10.1. The zero-order chi connectivity index (χ0) is 24.2. The Labute approximate surface area is 209 Å². The Morgan fingerprint density at radius 2 is 2.06 bits per heavy atom. The third-order valence-corrected chi connectivity index (χ3v) is 7.57. The number of hydrogen-bond donors (Lipinski definition) is 2. The third-order valence-electron chi connectivity index (χ3n) is 6.50. The number of aromatic nitrogens is 2. The Bertz CT molecular complexity index is 1210. The molecule has 0 amide bonds. The van der Waals surface area contributed by atoms with Crippen molar-refractivity contribution in [1.29, 1.82) is 0 Å². The Morgan fingerprint density at radius 1 is 1.17 bits per heavy atom. The van der Waals surface area contributed by atoms with Gasteiger partial charge in [-0.1, -0.05) is 24.3 Å². The van der Waals surface area contributed by atoms with Crippen molar-refractivity contribution in [1.82, 2.24) is 10.2 Å². The number of thioether (sulfide) groups is 1. The Balaban J connectivity index is 1.22. The average Bonchev–Trinajstić information content (AvgIpc) is 3.55. The number of carbonyl (C=O) groups is 1. The zero-order valence-corrected chi connectivity index (χ0v) is 21.0. The summed E-state index contributed by atoms with van der Waals surface area (Å²) in [5.74, 6) is 3.87. The van der Waals surface area contributed by atoms with E-state index in [1.165, 1.54) is 22.3 Å². The van der Waals surface area contributed by atoms with E-state index in [1.54, 1.807) is 25.8 Å². The van der Waals surface area contributed by atoms with Crippen LogP contribution in [-0.4, -0.2) is 54.4 Å². The number of aromatic amines is 1. The predicted molar refractivity (Wildman–Crippen MR) is 139 cm³/mol. The van der Waals surface area contributed by atoms with Crippen LogP contribution in [0.25, 0.3) is 11.3 Å². The number of anilines is 1. The highest BCUT2D eigenvalue weighted by Gasteiger charge is 2.29. The maximum atomic E-state index is 11.0. The molecule has 0 aliphatic heterocycles. The highest BCUT2D eigenvalue weighted by atomic mass is 32.2. The maximum Gasteiger partial charge on any atom is 0.161 e. The van der Waals surface area contributed by atoms with Crippen molar-refractivity contribution in [2.45, 2.75) is 32.2 Å². The first-order valence-electron chi connectivity index (χ1n) is 12.0. The first-order chi connectivity index (χ1) is 17.1. The van der Waals surface area contributed by atoms with Gasteiger partial charge in [-0.15, -0.1) is 0 Å². The van der Waals surface area contributed by atoms with Gasteiger partial charge in [0.2, 0.25) is 0 Å². The number of ketones is 1. The number of H-pyrrole nitrogens is 1. The minimum absolute atomic E-state index is 0.189. The second kappa shape index (κ2) is 10.7. The van der Waals surface area contributed by atoms with Crippen molar-refractivity contribution in [3.8, 4) is 22.8 Å². The molecule has 1 heterocycles. The third kappa shape index (κ3) is 5.18. The van der Waals surface area contributed by atoms with Gasteiger partial charge in [0.05, 0.1) is 37.8 Å². The van der Waals surface area contributed by atoms with Crippen LogP contribution in [-0.2, 0) is 22.4 Å². The van der Waals surface area contributed by atoms with Gasteiger partial charge in [-0.05, 0) is 48.6 Å². The van der Waals surface area contributed by atoms with E-state index in [2.05, 4.69) is 45.8 Å². The van der Waals surface area contributed by atoms with Gasteiger partial charge in [-0.3, -0.25) is 9.89 Å². The van der Waals surface area contributed by atoms with E-state index < -0.39 is 0 Å². The fraction of sp³-hybridized carbons (Fsp3) is 0.407. The number of Topliss-reactive ketones (excluding diaryl/α,β-unsaturated/α-hetero) is 1. The number of fused-ring (bicyclic) bond motifs is 4. The molecule has 1 unspecified atom stereocenters. The van der Waals surface area contributed by atoms with E-state index in [9.17, 15) is 4.79 Å². The van der Waals surface area contributed by atoms with E-state index in [0.29, 0.717) is 31.3 Å². The molecule has 8 heteroatoms. The SMILES string of the molecule is COc1cc2c(cc1OCCOCCSCC(C)=O)-c1[nH]nc(NC3CCc4ccccc43)c1C2. The largest absolute Gasteiger partial charge is 0.493 e. The molecular formula is C27H31N3O4S. The quantitative estimate of drug-likeness (QED) is 0.274. The van der Waals surface area contributed by atoms with Crippen molar-refractivity contribution in [3.05, 3.63) is 58.7 Å². The van der Waals surface area contributed by atoms with E-state index in [0.717, 1.165) is 47.8 Å². The summed E-state index contributed by atoms with van der Waals surface area (Å²) in [6.45, 7) is 3.11. The van der Waals surface area contributed by atoms with Crippen LogP contribution in [0.2, 0.25) is 0 Å². The fourth-order valence-corrected chi connectivity index (χ4v) is 5.51. The van der Waals surface area contributed by atoms with Crippen molar-refractivity contribution in [2.75, 3.05) is 43.8 Å². The molecule has 7 nitrogen and oxygen atoms in total. The molecule has 2 aliphatic carbocycles. The molecule has 0 saturated carbocycles. The number of ether oxygens (including phenoxy) is 3. The molecule has 0 radical (unpaired) electrons. The standard InChI is InChI=1S/C27H31N3O4S/c1-17(31)16-35-12-11-33-9-10-34-25-15-21-19(14-24(25)32-2)13-22-26(21)29-30-27(22)28-23-8-7-18-5-3-4-6-20(18)23/h3-6,14-15,23H,7-13,16H2,1-2H3,(H2,28,29,30). The monoisotopic (exact) mass is 493 g/mol. The van der Waals surface area contributed by atoms with Crippen molar-refractivity contribution < 1.29 is 19.0 Å². The Hall–Kier alpha value is -2.97. The molecule has 2 aliphatic rings. The summed E-state index contributed by atoms with van der Waals surface area (Å²) in [4.78, 5) is 11.0. The van der Waals surface area contributed by atoms with Crippen LogP contribution in [0.4, 0.5) is 5.82 Å². The lowest BCUT2D eigenvalue weighted by Crippen LogP contribution is -2.10. The van der Waals surface area contributed by atoms with E-state index in [1.807, 2.05) is 6.07 Å². The van der Waals surface area contributed by atoms with Gasteiger partial charge in [0.25, 0.3) is 0 Å². The van der Waals surface area contributed by atoms with Crippen LogP contribution in [0.5, 0.6) is 11.5 Å². The second-order valence-corrected chi connectivity index (χ2v) is 10.0. The summed E-state index contributed by atoms with van der Waals surface area (Å²) in [6.07, 6.45) is 2.98. The second-order valence-electron chi connectivity index (χ2n) is 8.91. The van der Waals surface area contributed by atoms with Gasteiger partial charge in [0.1, 0.15) is 12.4 Å². The van der Waals surface area contributed by atoms with Crippen LogP contribution in [0.15, 0.2) is 36.4 Å². The molecule has 0 bridgehead atoms. The molecule has 5 rings (SSSR count). The molecule has 0 spiro atoms. The summed E-state index contributed by atoms with van der Waals surface area (Å²) < 4.78 is 17.2. The summed E-state index contributed by atoms with van der Waals surface area (Å²) >= 11 is 1.59. The van der Waals surface area contributed by atoms with E-state index >= 15 is 0 Å². The molecule has 2 aromatic carbocycles. The van der Waals surface area contributed by atoms with Crippen molar-refractivity contribution >= 4 is 23.4 Å². The van der Waals surface area contributed by atoms with Gasteiger partial charge in [-0.2, -0.15) is 16.9 Å². The maximum absolute atomic E-state index is 11.0. The molecule has 0 fully saturated rings. The lowest BCUT2D eigenvalue weighted by Gasteiger charge is -2.14. The molecule has 1 atom stereocenters. The summed E-state index contributed by atoms with van der Waals surface area (Å²) in [7, 11) is 1.66. The van der Waals surface area contributed by atoms with Gasteiger partial charge in [0, 0.05) is 23.3 Å². The van der Waals surface area contributed by atoms with Crippen LogP contribution in [0.1, 0.15) is 41.6 Å². The molecule has 0 saturated heterocycles. The number of aryl methyl sites for hydroxylation is 1. The number of nitrogens with zero attached hydrogens (tertiary/aromatic N) is 1. The Morgan fingerprint density at radius 3 is 2.91 bits per heavy atom. The molecule has 3 aromatic rings. The summed E-state index contributed by atoms with van der Waals surface area (Å²) in [6, 6.07) is 13.0. The first-order valence-corrected chi connectivity index (χ1v) is 13.2. The lowest BCUT2D eigenvalue weighted by molar-refractivity contribution is -0.114. The van der Waals surface area contributed by atoms with Crippen LogP contribution in [0.3, 0.4) is 0 Å². The number of carbonyl (C=O) groups excluding carboxylic acids is 1. The van der Waals surface area contributed by atoms with Crippen LogP contribution >= 0.6 is 11.8 Å². The van der Waals surface area contributed by atoms with Crippen molar-refractivity contribution in [2.24, 2.45) is 0 Å². The van der Waals surface area contributed by atoms with Gasteiger partial charge >= 0.3 is 0 Å². The van der Waals surface area contributed by atoms with Gasteiger partial charge < -0.3 is 19.5 Å².